The summed E-state index contributed by atoms with van der Waals surface area (Å²) in [6.45, 7) is 9.05. The van der Waals surface area contributed by atoms with Crippen molar-refractivity contribution in [1.82, 2.24) is 5.32 Å². The first-order chi connectivity index (χ1) is 21.1. The highest BCUT2D eigenvalue weighted by Crippen LogP contribution is 2.19. The van der Waals surface area contributed by atoms with Crippen molar-refractivity contribution in [2.24, 2.45) is 0 Å². The molecule has 2 aromatic rings. The summed E-state index contributed by atoms with van der Waals surface area (Å²) in [6, 6.07) is 11.5. The molecule has 2 rings (SSSR count). The number of esters is 2. The van der Waals surface area contributed by atoms with E-state index in [2.05, 4.69) is 10.6 Å². The summed E-state index contributed by atoms with van der Waals surface area (Å²) >= 11 is 0. The molecule has 0 fully saturated rings. The van der Waals surface area contributed by atoms with E-state index in [1.807, 2.05) is 0 Å². The van der Waals surface area contributed by atoms with Crippen LogP contribution >= 0.6 is 0 Å². The van der Waals surface area contributed by atoms with Crippen LogP contribution in [0.15, 0.2) is 48.5 Å². The van der Waals surface area contributed by atoms with Crippen LogP contribution < -0.4 is 20.3 Å². The van der Waals surface area contributed by atoms with Gasteiger partial charge in [0.05, 0.1) is 0 Å². The predicted molar refractivity (Wildman–Crippen MR) is 165 cm³/mol. The number of ether oxygens (including phenoxy) is 4. The Morgan fingerprint density at radius 1 is 0.800 bits per heavy atom. The molecule has 248 valence electrons. The highest BCUT2D eigenvalue weighted by atomic mass is 19.1. The number of carbonyl (C=O) groups is 4. The fourth-order valence-corrected chi connectivity index (χ4v) is 3.84. The second-order valence-electron chi connectivity index (χ2n) is 12.0. The van der Waals surface area contributed by atoms with E-state index < -0.39 is 54.7 Å². The fourth-order valence-electron chi connectivity index (χ4n) is 3.84. The number of carbonyl (C=O) groups excluding carboxylic acids is 4. The highest BCUT2D eigenvalue weighted by Gasteiger charge is 2.29. The Hall–Kier alpha value is -4.42. The minimum Gasteiger partial charge on any atom is -0.460 e. The molecular weight excluding hydrogens is 592 g/mol. The van der Waals surface area contributed by atoms with Crippen molar-refractivity contribution in [1.29, 1.82) is 0 Å². The minimum atomic E-state index is -1.16. The topological polar surface area (TPSA) is 132 Å². The van der Waals surface area contributed by atoms with Crippen LogP contribution in [0, 0.1) is 0 Å². The van der Waals surface area contributed by atoms with E-state index in [1.165, 1.54) is 12.1 Å². The molecule has 0 aliphatic rings. The van der Waals surface area contributed by atoms with Crippen LogP contribution in [0.3, 0.4) is 0 Å². The largest absolute Gasteiger partial charge is 0.460 e. The predicted octanol–water partition coefficient (Wildman–Crippen LogP) is 6.10. The molecule has 45 heavy (non-hydrogen) atoms. The molecule has 0 saturated heterocycles. The molecule has 0 aromatic heterocycles. The molecule has 11 nitrogen and oxygen atoms in total. The van der Waals surface area contributed by atoms with Gasteiger partial charge < -0.3 is 29.2 Å². The van der Waals surface area contributed by atoms with E-state index in [-0.39, 0.29) is 38.3 Å². The summed E-state index contributed by atoms with van der Waals surface area (Å²) in [7, 11) is 0. The summed E-state index contributed by atoms with van der Waals surface area (Å²) in [4.78, 5) is 51.3. The van der Waals surface area contributed by atoms with Crippen LogP contribution in [0.25, 0.3) is 0 Å². The van der Waals surface area contributed by atoms with Crippen molar-refractivity contribution in [2.45, 2.75) is 78.2 Å². The average molecular weight is 636 g/mol. The summed E-state index contributed by atoms with van der Waals surface area (Å²) in [5, 5.41) is 5.03. The molecule has 0 unspecified atom stereocenters. The third kappa shape index (κ3) is 14.7. The van der Waals surface area contributed by atoms with Crippen LogP contribution in [0.2, 0.25) is 0 Å². The number of rotatable bonds is 14. The number of alkyl halides is 2. The molecule has 2 N–H and O–H groups in total. The number of benzene rings is 2. The number of halogens is 2. The van der Waals surface area contributed by atoms with Crippen molar-refractivity contribution >= 4 is 35.5 Å². The van der Waals surface area contributed by atoms with Crippen LogP contribution in [0.1, 0.15) is 59.9 Å². The number of hydrogen-bond acceptors (Lipinski definition) is 9. The van der Waals surface area contributed by atoms with Crippen molar-refractivity contribution in [2.75, 3.05) is 36.7 Å². The molecule has 2 aromatic carbocycles. The second-order valence-corrected chi connectivity index (χ2v) is 12.0. The first-order valence-electron chi connectivity index (χ1n) is 14.5. The zero-order valence-electron chi connectivity index (χ0n) is 26.6. The third-order valence-electron chi connectivity index (χ3n) is 5.73. The Morgan fingerprint density at radius 2 is 1.38 bits per heavy atom. The Bertz CT molecular complexity index is 1250. The van der Waals surface area contributed by atoms with Crippen LogP contribution in [-0.2, 0) is 30.4 Å². The van der Waals surface area contributed by atoms with Crippen molar-refractivity contribution in [3.05, 3.63) is 54.1 Å². The number of anilines is 2. The lowest BCUT2D eigenvalue weighted by molar-refractivity contribution is -0.158. The maximum atomic E-state index is 12.7. The van der Waals surface area contributed by atoms with E-state index in [0.29, 0.717) is 16.9 Å². The second kappa shape index (κ2) is 17.2. The van der Waals surface area contributed by atoms with Crippen molar-refractivity contribution in [3.8, 4) is 5.75 Å². The van der Waals surface area contributed by atoms with Crippen LogP contribution in [-0.4, -0.2) is 67.8 Å². The Morgan fingerprint density at radius 3 is 1.91 bits per heavy atom. The Kier molecular flexibility index (Phi) is 14.0. The molecule has 0 bridgehead atoms. The van der Waals surface area contributed by atoms with E-state index in [1.54, 1.807) is 82.8 Å². The molecule has 1 atom stereocenters. The van der Waals surface area contributed by atoms with E-state index in [4.69, 9.17) is 18.9 Å². The standard InChI is InChI=1S/C32H43F2N3O8/c1-31(2,3)44-27(38)16-15-26(28(39)45-32(4,5)6)36-30(41)43-25-13-7-22(8-14-25)21-42-29(40)35-23-9-11-24(12-10-23)37(19-17-33)20-18-34/h7-14,26H,15-21H2,1-6H3,(H,35,40)(H,36,41)/t26-/m0/s1. The smallest absolute Gasteiger partial charge is 0.413 e. The molecule has 0 spiro atoms. The maximum absolute atomic E-state index is 12.7. The van der Waals surface area contributed by atoms with Gasteiger partial charge in [-0.25, -0.2) is 23.2 Å². The van der Waals surface area contributed by atoms with E-state index in [9.17, 15) is 28.0 Å². The quantitative estimate of drug-likeness (QED) is 0.187. The van der Waals surface area contributed by atoms with Gasteiger partial charge in [0.25, 0.3) is 0 Å². The molecule has 0 radical (unpaired) electrons. The molecule has 0 saturated carbocycles. The summed E-state index contributed by atoms with van der Waals surface area (Å²) < 4.78 is 46.6. The SMILES string of the molecule is CC(C)(C)OC(=O)CC[C@H](NC(=O)Oc1ccc(COC(=O)Nc2ccc(N(CCF)CCF)cc2)cc1)C(=O)OC(C)(C)C. The van der Waals surface area contributed by atoms with Gasteiger partial charge in [0.1, 0.15) is 42.9 Å². The first-order valence-corrected chi connectivity index (χ1v) is 14.5. The summed E-state index contributed by atoms with van der Waals surface area (Å²) in [5.74, 6) is -1.09. The maximum Gasteiger partial charge on any atom is 0.413 e. The fraction of sp³-hybridized carbons (Fsp3) is 0.500. The van der Waals surface area contributed by atoms with Gasteiger partial charge >= 0.3 is 24.1 Å². The van der Waals surface area contributed by atoms with Gasteiger partial charge in [-0.2, -0.15) is 0 Å². The first kappa shape index (κ1) is 36.8. The van der Waals surface area contributed by atoms with Gasteiger partial charge in [0.2, 0.25) is 0 Å². The molecule has 0 heterocycles. The molecule has 2 amide bonds. The molecular formula is C32H43F2N3O8. The highest BCUT2D eigenvalue weighted by molar-refractivity contribution is 5.85. The van der Waals surface area contributed by atoms with Crippen LogP contribution in [0.4, 0.5) is 29.7 Å². The van der Waals surface area contributed by atoms with E-state index in [0.717, 1.165) is 0 Å². The Labute approximate surface area is 262 Å². The summed E-state index contributed by atoms with van der Waals surface area (Å²) in [5.41, 5.74) is 0.153. The molecule has 0 aliphatic carbocycles. The van der Waals surface area contributed by atoms with Gasteiger partial charge in [-0.05, 0) is 89.9 Å². The van der Waals surface area contributed by atoms with Gasteiger partial charge in [-0.15, -0.1) is 0 Å². The van der Waals surface area contributed by atoms with Crippen LogP contribution in [0.5, 0.6) is 5.75 Å². The lowest BCUT2D eigenvalue weighted by Gasteiger charge is -2.25. The number of nitrogens with one attached hydrogen (secondary N) is 2. The zero-order chi connectivity index (χ0) is 33.6. The minimum absolute atomic E-state index is 0.0574. The summed E-state index contributed by atoms with van der Waals surface area (Å²) in [6.07, 6.45) is -1.83. The van der Waals surface area contributed by atoms with Crippen molar-refractivity contribution in [3.63, 3.8) is 0 Å². The Balaban J connectivity index is 1.89. The lowest BCUT2D eigenvalue weighted by atomic mass is 10.1. The lowest BCUT2D eigenvalue weighted by Crippen LogP contribution is -2.45. The van der Waals surface area contributed by atoms with Crippen molar-refractivity contribution < 1.29 is 46.9 Å². The van der Waals surface area contributed by atoms with Gasteiger partial charge in [-0.1, -0.05) is 12.1 Å². The normalized spacial score (nSPS) is 12.0. The number of amides is 2. The molecule has 0 aliphatic heterocycles. The van der Waals surface area contributed by atoms with E-state index >= 15 is 0 Å². The van der Waals surface area contributed by atoms with Gasteiger partial charge in [0, 0.05) is 30.9 Å². The number of nitrogens with zero attached hydrogens (tertiary/aromatic N) is 1. The van der Waals surface area contributed by atoms with Gasteiger partial charge in [-0.3, -0.25) is 10.1 Å². The average Bonchev–Trinajstić information content (AvgIpc) is 2.93. The third-order valence-corrected chi connectivity index (χ3v) is 5.73. The molecule has 13 heteroatoms. The monoisotopic (exact) mass is 635 g/mol. The zero-order valence-corrected chi connectivity index (χ0v) is 26.6. The van der Waals surface area contributed by atoms with Gasteiger partial charge in [0.15, 0.2) is 0 Å². The number of hydrogen-bond donors (Lipinski definition) is 2.